The number of carbonyl (C=O) groups is 1. The number of Topliss-reactive ketones (excluding diaryl/α,β-unsaturated/α-hetero) is 1. The Labute approximate surface area is 105 Å². The van der Waals surface area contributed by atoms with Gasteiger partial charge in [-0.2, -0.15) is 0 Å². The summed E-state index contributed by atoms with van der Waals surface area (Å²) in [6.45, 7) is 3.93. The van der Waals surface area contributed by atoms with Crippen LogP contribution in [0.3, 0.4) is 0 Å². The Balaban J connectivity index is 2.36. The molecule has 1 saturated carbocycles. The third-order valence-corrected chi connectivity index (χ3v) is 3.95. The van der Waals surface area contributed by atoms with Crippen molar-refractivity contribution < 1.29 is 14.6 Å². The summed E-state index contributed by atoms with van der Waals surface area (Å²) < 4.78 is 5.28. The molecule has 1 rings (SSSR count). The first-order chi connectivity index (χ1) is 7.96. The summed E-state index contributed by atoms with van der Waals surface area (Å²) in [6.07, 6.45) is 5.89. The zero-order valence-electron chi connectivity index (χ0n) is 11.4. The Morgan fingerprint density at radius 3 is 2.47 bits per heavy atom. The molecule has 1 aliphatic rings. The number of aliphatic hydroxyl groups is 1. The monoisotopic (exact) mass is 242 g/mol. The quantitative estimate of drug-likeness (QED) is 0.779. The van der Waals surface area contributed by atoms with Crippen molar-refractivity contribution in [3.63, 3.8) is 0 Å². The highest BCUT2D eigenvalue weighted by Crippen LogP contribution is 2.28. The third-order valence-electron chi connectivity index (χ3n) is 3.95. The number of methoxy groups -OCH3 is 1. The minimum Gasteiger partial charge on any atom is -0.385 e. The van der Waals surface area contributed by atoms with Crippen LogP contribution < -0.4 is 0 Å². The van der Waals surface area contributed by atoms with Gasteiger partial charge in [-0.25, -0.2) is 0 Å². The summed E-state index contributed by atoms with van der Waals surface area (Å²) >= 11 is 0. The third kappa shape index (κ3) is 4.76. The standard InChI is InChI=1S/C14H26O3/c1-14(2,17-3)10-9-12(15)13(16)11-7-5-4-6-8-11/h11,13,16H,4-10H2,1-3H3. The van der Waals surface area contributed by atoms with Crippen LogP contribution in [0.25, 0.3) is 0 Å². The fourth-order valence-electron chi connectivity index (χ4n) is 2.39. The van der Waals surface area contributed by atoms with E-state index in [9.17, 15) is 9.90 Å². The lowest BCUT2D eigenvalue weighted by Crippen LogP contribution is -2.33. The van der Waals surface area contributed by atoms with Crippen molar-refractivity contribution in [3.05, 3.63) is 0 Å². The lowest BCUT2D eigenvalue weighted by Gasteiger charge is -2.27. The lowest BCUT2D eigenvalue weighted by molar-refractivity contribution is -0.131. The molecule has 0 aliphatic heterocycles. The van der Waals surface area contributed by atoms with E-state index < -0.39 is 6.10 Å². The van der Waals surface area contributed by atoms with Gasteiger partial charge in [0.2, 0.25) is 0 Å². The molecule has 0 spiro atoms. The van der Waals surface area contributed by atoms with Crippen molar-refractivity contribution >= 4 is 5.78 Å². The van der Waals surface area contributed by atoms with Gasteiger partial charge in [0.15, 0.2) is 5.78 Å². The van der Waals surface area contributed by atoms with Gasteiger partial charge < -0.3 is 9.84 Å². The van der Waals surface area contributed by atoms with Gasteiger partial charge in [-0.05, 0) is 39.0 Å². The predicted octanol–water partition coefficient (Wildman–Crippen LogP) is 2.70. The second kappa shape index (κ2) is 6.50. The molecule has 1 fully saturated rings. The molecule has 0 heterocycles. The van der Waals surface area contributed by atoms with Gasteiger partial charge in [0.25, 0.3) is 0 Å². The topological polar surface area (TPSA) is 46.5 Å². The molecule has 0 saturated heterocycles. The number of ketones is 1. The van der Waals surface area contributed by atoms with Crippen LogP contribution in [0, 0.1) is 5.92 Å². The molecule has 0 aromatic carbocycles. The number of hydrogen-bond acceptors (Lipinski definition) is 3. The van der Waals surface area contributed by atoms with Crippen LogP contribution in [0.4, 0.5) is 0 Å². The Morgan fingerprint density at radius 2 is 1.94 bits per heavy atom. The van der Waals surface area contributed by atoms with E-state index in [4.69, 9.17) is 4.74 Å². The van der Waals surface area contributed by atoms with Crippen molar-refractivity contribution in [3.8, 4) is 0 Å². The molecule has 100 valence electrons. The van der Waals surface area contributed by atoms with Crippen LogP contribution in [-0.4, -0.2) is 29.7 Å². The summed E-state index contributed by atoms with van der Waals surface area (Å²) in [5.74, 6) is 0.184. The highest BCUT2D eigenvalue weighted by Gasteiger charge is 2.28. The number of carbonyl (C=O) groups excluding carboxylic acids is 1. The van der Waals surface area contributed by atoms with Crippen molar-refractivity contribution in [1.29, 1.82) is 0 Å². The first-order valence-electron chi connectivity index (χ1n) is 6.72. The molecule has 3 heteroatoms. The molecule has 17 heavy (non-hydrogen) atoms. The van der Waals surface area contributed by atoms with E-state index in [2.05, 4.69) is 0 Å². The highest BCUT2D eigenvalue weighted by atomic mass is 16.5. The molecule has 0 bridgehead atoms. The molecule has 3 nitrogen and oxygen atoms in total. The lowest BCUT2D eigenvalue weighted by atomic mass is 9.82. The van der Waals surface area contributed by atoms with Crippen LogP contribution in [-0.2, 0) is 9.53 Å². The molecular formula is C14H26O3. The highest BCUT2D eigenvalue weighted by molar-refractivity contribution is 5.83. The second-order valence-corrected chi connectivity index (χ2v) is 5.77. The number of hydrogen-bond donors (Lipinski definition) is 1. The molecule has 1 unspecified atom stereocenters. The SMILES string of the molecule is COC(C)(C)CCC(=O)C(O)C1CCCCC1. The van der Waals surface area contributed by atoms with Crippen LogP contribution >= 0.6 is 0 Å². The second-order valence-electron chi connectivity index (χ2n) is 5.77. The first kappa shape index (κ1) is 14.7. The minimum atomic E-state index is -0.747. The smallest absolute Gasteiger partial charge is 0.161 e. The van der Waals surface area contributed by atoms with Gasteiger partial charge in [-0.3, -0.25) is 4.79 Å². The summed E-state index contributed by atoms with van der Waals surface area (Å²) in [6, 6.07) is 0. The predicted molar refractivity (Wildman–Crippen MR) is 67.9 cm³/mol. The summed E-state index contributed by atoms with van der Waals surface area (Å²) in [5, 5.41) is 10.0. The summed E-state index contributed by atoms with van der Waals surface area (Å²) in [4.78, 5) is 11.9. The van der Waals surface area contributed by atoms with E-state index in [1.54, 1.807) is 7.11 Å². The first-order valence-corrected chi connectivity index (χ1v) is 6.72. The van der Waals surface area contributed by atoms with Gasteiger partial charge in [0.1, 0.15) is 6.10 Å². The Bertz CT molecular complexity index is 242. The average Bonchev–Trinajstić information content (AvgIpc) is 2.36. The van der Waals surface area contributed by atoms with Gasteiger partial charge in [-0.1, -0.05) is 19.3 Å². The molecule has 0 aromatic heterocycles. The van der Waals surface area contributed by atoms with Crippen molar-refractivity contribution in [2.75, 3.05) is 7.11 Å². The average molecular weight is 242 g/mol. The van der Waals surface area contributed by atoms with E-state index in [-0.39, 0.29) is 17.3 Å². The molecule has 1 aliphatic carbocycles. The summed E-state index contributed by atoms with van der Waals surface area (Å²) in [7, 11) is 1.65. The molecule has 0 aromatic rings. The fourth-order valence-corrected chi connectivity index (χ4v) is 2.39. The molecule has 1 N–H and O–H groups in total. The Morgan fingerprint density at radius 1 is 1.35 bits per heavy atom. The van der Waals surface area contributed by atoms with Crippen molar-refractivity contribution in [1.82, 2.24) is 0 Å². The zero-order chi connectivity index (χ0) is 12.9. The number of rotatable bonds is 6. The number of ether oxygens (including phenoxy) is 1. The minimum absolute atomic E-state index is 0.0120. The molecule has 0 radical (unpaired) electrons. The maximum atomic E-state index is 11.9. The Hall–Kier alpha value is -0.410. The van der Waals surface area contributed by atoms with Crippen LogP contribution in [0.1, 0.15) is 58.8 Å². The van der Waals surface area contributed by atoms with Crippen LogP contribution in [0.5, 0.6) is 0 Å². The van der Waals surface area contributed by atoms with Crippen LogP contribution in [0.2, 0.25) is 0 Å². The maximum absolute atomic E-state index is 11.9. The molecule has 0 amide bonds. The van der Waals surface area contributed by atoms with Gasteiger partial charge in [0.05, 0.1) is 5.60 Å². The largest absolute Gasteiger partial charge is 0.385 e. The molecular weight excluding hydrogens is 216 g/mol. The molecule has 1 atom stereocenters. The number of aliphatic hydroxyl groups excluding tert-OH is 1. The maximum Gasteiger partial charge on any atom is 0.161 e. The van der Waals surface area contributed by atoms with Gasteiger partial charge in [0, 0.05) is 13.5 Å². The summed E-state index contributed by atoms with van der Waals surface area (Å²) in [5.41, 5.74) is -0.276. The normalized spacial score (nSPS) is 20.2. The van der Waals surface area contributed by atoms with E-state index in [0.29, 0.717) is 12.8 Å². The Kier molecular flexibility index (Phi) is 5.60. The zero-order valence-corrected chi connectivity index (χ0v) is 11.4. The van der Waals surface area contributed by atoms with Crippen molar-refractivity contribution in [2.24, 2.45) is 5.92 Å². The van der Waals surface area contributed by atoms with Gasteiger partial charge in [-0.15, -0.1) is 0 Å². The fraction of sp³-hybridized carbons (Fsp3) is 0.929. The van der Waals surface area contributed by atoms with E-state index in [0.717, 1.165) is 25.7 Å². The van der Waals surface area contributed by atoms with Crippen molar-refractivity contribution in [2.45, 2.75) is 70.5 Å². The van der Waals surface area contributed by atoms with Gasteiger partial charge >= 0.3 is 0 Å². The van der Waals surface area contributed by atoms with E-state index >= 15 is 0 Å². The van der Waals surface area contributed by atoms with E-state index in [1.165, 1.54) is 6.42 Å². The van der Waals surface area contributed by atoms with E-state index in [1.807, 2.05) is 13.8 Å². The van der Waals surface area contributed by atoms with Crippen LogP contribution in [0.15, 0.2) is 0 Å².